The molecule has 2 rings (SSSR count). The number of hydrogen-bond acceptors (Lipinski definition) is 3. The monoisotopic (exact) mass is 255 g/mol. The number of hydrogen-bond donors (Lipinski definition) is 1. The number of rotatable bonds is 3. The predicted molar refractivity (Wildman–Crippen MR) is 74.1 cm³/mol. The second-order valence-corrected chi connectivity index (χ2v) is 4.79. The minimum atomic E-state index is 0.423. The van der Waals surface area contributed by atoms with Gasteiger partial charge < -0.3 is 9.72 Å². The molecule has 0 fully saturated rings. The molecule has 98 valence electrons. The average molecular weight is 255 g/mol. The van der Waals surface area contributed by atoms with E-state index in [1.165, 1.54) is 5.56 Å². The third kappa shape index (κ3) is 2.45. The lowest BCUT2D eigenvalue weighted by Gasteiger charge is -2.11. The van der Waals surface area contributed by atoms with E-state index in [1.807, 2.05) is 19.1 Å². The molecule has 0 unspecified atom stereocenters. The number of aromatic nitrogens is 2. The molecule has 4 heteroatoms. The second-order valence-electron chi connectivity index (χ2n) is 4.79. The highest BCUT2D eigenvalue weighted by atomic mass is 16.5. The van der Waals surface area contributed by atoms with Crippen LogP contribution in [0.2, 0.25) is 0 Å². The molecule has 0 amide bonds. The zero-order chi connectivity index (χ0) is 14.0. The smallest absolute Gasteiger partial charge is 0.161 e. The van der Waals surface area contributed by atoms with Gasteiger partial charge in [-0.2, -0.15) is 5.26 Å². The molecule has 0 saturated heterocycles. The molecule has 0 aliphatic heterocycles. The van der Waals surface area contributed by atoms with Crippen LogP contribution in [-0.2, 0) is 0 Å². The molecule has 0 saturated carbocycles. The van der Waals surface area contributed by atoms with Crippen molar-refractivity contribution in [1.82, 2.24) is 9.97 Å². The Bertz CT molecular complexity index is 635. The van der Waals surface area contributed by atoms with Gasteiger partial charge in [0.15, 0.2) is 5.69 Å². The Kier molecular flexibility index (Phi) is 3.57. The Hall–Kier alpha value is -2.28. The second kappa shape index (κ2) is 5.15. The predicted octanol–water partition coefficient (Wildman–Crippen LogP) is 3.39. The molecule has 1 aromatic heterocycles. The highest BCUT2D eigenvalue weighted by Crippen LogP contribution is 2.31. The van der Waals surface area contributed by atoms with Gasteiger partial charge in [-0.05, 0) is 30.5 Å². The number of methoxy groups -OCH3 is 1. The van der Waals surface area contributed by atoms with Gasteiger partial charge in [-0.3, -0.25) is 0 Å². The number of imidazole rings is 1. The van der Waals surface area contributed by atoms with Crippen LogP contribution in [-0.4, -0.2) is 17.1 Å². The number of nitrogens with one attached hydrogen (secondary N) is 1. The topological polar surface area (TPSA) is 61.7 Å². The Morgan fingerprint density at radius 3 is 2.63 bits per heavy atom. The Morgan fingerprint density at radius 2 is 2.11 bits per heavy atom. The first-order valence-electron chi connectivity index (χ1n) is 6.21. The van der Waals surface area contributed by atoms with Crippen molar-refractivity contribution in [2.24, 2.45) is 0 Å². The number of nitrogens with zero attached hydrogens (tertiary/aromatic N) is 2. The van der Waals surface area contributed by atoms with Gasteiger partial charge in [0.25, 0.3) is 0 Å². The van der Waals surface area contributed by atoms with Crippen molar-refractivity contribution in [2.75, 3.05) is 7.11 Å². The summed E-state index contributed by atoms with van der Waals surface area (Å²) in [4.78, 5) is 7.45. The SMILES string of the molecule is COc1ccc(C(C)C)cc1-c1nc(C#N)c(C)[nH]1. The number of aryl methyl sites for hydroxylation is 1. The maximum Gasteiger partial charge on any atom is 0.161 e. The lowest BCUT2D eigenvalue weighted by Crippen LogP contribution is -1.94. The molecule has 0 bridgehead atoms. The van der Waals surface area contributed by atoms with Gasteiger partial charge in [-0.1, -0.05) is 19.9 Å². The van der Waals surface area contributed by atoms with Crippen molar-refractivity contribution in [3.8, 4) is 23.2 Å². The molecule has 1 N–H and O–H groups in total. The van der Waals surface area contributed by atoms with Gasteiger partial charge in [0.2, 0.25) is 0 Å². The van der Waals surface area contributed by atoms with Gasteiger partial charge in [-0.25, -0.2) is 4.98 Å². The van der Waals surface area contributed by atoms with E-state index in [2.05, 4.69) is 36.0 Å². The van der Waals surface area contributed by atoms with E-state index >= 15 is 0 Å². The molecular weight excluding hydrogens is 238 g/mol. The molecule has 0 radical (unpaired) electrons. The zero-order valence-electron chi connectivity index (χ0n) is 11.6. The van der Waals surface area contributed by atoms with Crippen LogP contribution in [0.4, 0.5) is 0 Å². The molecule has 4 nitrogen and oxygen atoms in total. The fourth-order valence-electron chi connectivity index (χ4n) is 1.97. The summed E-state index contributed by atoms with van der Waals surface area (Å²) in [6.07, 6.45) is 0. The van der Waals surface area contributed by atoms with Crippen molar-refractivity contribution in [2.45, 2.75) is 26.7 Å². The molecule has 2 aromatic rings. The largest absolute Gasteiger partial charge is 0.496 e. The fraction of sp³-hybridized carbons (Fsp3) is 0.333. The third-order valence-electron chi connectivity index (χ3n) is 3.14. The Morgan fingerprint density at radius 1 is 1.37 bits per heavy atom. The van der Waals surface area contributed by atoms with Crippen molar-refractivity contribution in [1.29, 1.82) is 5.26 Å². The summed E-state index contributed by atoms with van der Waals surface area (Å²) < 4.78 is 5.37. The summed E-state index contributed by atoms with van der Waals surface area (Å²) in [6, 6.07) is 8.12. The summed E-state index contributed by atoms with van der Waals surface area (Å²) in [6.45, 7) is 6.12. The number of aromatic amines is 1. The average Bonchev–Trinajstić information content (AvgIpc) is 2.79. The van der Waals surface area contributed by atoms with Crippen LogP contribution in [0.5, 0.6) is 5.75 Å². The standard InChI is InChI=1S/C15H17N3O/c1-9(2)11-5-6-14(19-4)12(7-11)15-17-10(3)13(8-16)18-15/h5-7,9H,1-4H3,(H,17,18). The molecule has 0 aliphatic rings. The van der Waals surface area contributed by atoms with Gasteiger partial charge in [0.05, 0.1) is 18.4 Å². The summed E-state index contributed by atoms with van der Waals surface area (Å²) >= 11 is 0. The number of H-pyrrole nitrogens is 1. The molecule has 0 spiro atoms. The molecular formula is C15H17N3O. The maximum atomic E-state index is 8.98. The van der Waals surface area contributed by atoms with E-state index in [0.29, 0.717) is 17.4 Å². The summed E-state index contributed by atoms with van der Waals surface area (Å²) in [5.74, 6) is 1.85. The minimum Gasteiger partial charge on any atom is -0.496 e. The Balaban J connectivity index is 2.58. The van der Waals surface area contributed by atoms with E-state index in [9.17, 15) is 0 Å². The Labute approximate surface area is 113 Å². The van der Waals surface area contributed by atoms with Gasteiger partial charge in [0, 0.05) is 0 Å². The quantitative estimate of drug-likeness (QED) is 0.914. The van der Waals surface area contributed by atoms with E-state index in [4.69, 9.17) is 10.00 Å². The van der Waals surface area contributed by atoms with Crippen LogP contribution >= 0.6 is 0 Å². The summed E-state index contributed by atoms with van der Waals surface area (Å²) in [5.41, 5.74) is 3.29. The van der Waals surface area contributed by atoms with Crippen LogP contribution in [0.15, 0.2) is 18.2 Å². The highest BCUT2D eigenvalue weighted by Gasteiger charge is 2.14. The first-order valence-corrected chi connectivity index (χ1v) is 6.21. The van der Waals surface area contributed by atoms with E-state index in [-0.39, 0.29) is 0 Å². The molecule has 19 heavy (non-hydrogen) atoms. The van der Waals surface area contributed by atoms with Crippen molar-refractivity contribution in [3.63, 3.8) is 0 Å². The van der Waals surface area contributed by atoms with E-state index < -0.39 is 0 Å². The first-order chi connectivity index (χ1) is 9.06. The van der Waals surface area contributed by atoms with E-state index in [0.717, 1.165) is 17.0 Å². The fourth-order valence-corrected chi connectivity index (χ4v) is 1.97. The lowest BCUT2D eigenvalue weighted by atomic mass is 10.00. The lowest BCUT2D eigenvalue weighted by molar-refractivity contribution is 0.416. The minimum absolute atomic E-state index is 0.423. The first kappa shape index (κ1) is 13.2. The van der Waals surface area contributed by atoms with Gasteiger partial charge in [0.1, 0.15) is 17.6 Å². The normalized spacial score (nSPS) is 10.5. The van der Waals surface area contributed by atoms with Crippen LogP contribution in [0.3, 0.4) is 0 Å². The van der Waals surface area contributed by atoms with Gasteiger partial charge >= 0.3 is 0 Å². The zero-order valence-corrected chi connectivity index (χ0v) is 11.6. The van der Waals surface area contributed by atoms with E-state index in [1.54, 1.807) is 7.11 Å². The number of ether oxygens (including phenoxy) is 1. The van der Waals surface area contributed by atoms with Crippen molar-refractivity contribution >= 4 is 0 Å². The van der Waals surface area contributed by atoms with Crippen LogP contribution in [0, 0.1) is 18.3 Å². The summed E-state index contributed by atoms with van der Waals surface area (Å²) in [7, 11) is 1.63. The molecule has 0 atom stereocenters. The van der Waals surface area contributed by atoms with Crippen LogP contribution < -0.4 is 4.74 Å². The van der Waals surface area contributed by atoms with Crippen molar-refractivity contribution in [3.05, 3.63) is 35.2 Å². The number of benzene rings is 1. The van der Waals surface area contributed by atoms with Crippen LogP contribution in [0.25, 0.3) is 11.4 Å². The molecule has 1 heterocycles. The summed E-state index contributed by atoms with van der Waals surface area (Å²) in [5, 5.41) is 8.98. The van der Waals surface area contributed by atoms with Crippen molar-refractivity contribution < 1.29 is 4.74 Å². The maximum absolute atomic E-state index is 8.98. The van der Waals surface area contributed by atoms with Crippen LogP contribution in [0.1, 0.15) is 36.7 Å². The third-order valence-corrected chi connectivity index (χ3v) is 3.14. The highest BCUT2D eigenvalue weighted by molar-refractivity contribution is 5.66. The van der Waals surface area contributed by atoms with Gasteiger partial charge in [-0.15, -0.1) is 0 Å². The molecule has 0 aliphatic carbocycles. The number of nitriles is 1. The molecule has 1 aromatic carbocycles.